The van der Waals surface area contributed by atoms with E-state index < -0.39 is 18.5 Å². The molecular weight excluding hydrogens is 368 g/mol. The van der Waals surface area contributed by atoms with Gasteiger partial charge in [0.25, 0.3) is 5.91 Å². The Kier molecular flexibility index (Phi) is 6.39. The molecule has 0 aliphatic rings. The quantitative estimate of drug-likeness (QED) is 0.617. The van der Waals surface area contributed by atoms with Crippen LogP contribution in [0, 0.1) is 6.92 Å². The Morgan fingerprint density at radius 3 is 2.48 bits per heavy atom. The third-order valence-corrected chi connectivity index (χ3v) is 4.68. The van der Waals surface area contributed by atoms with Crippen LogP contribution in [0.4, 0.5) is 5.69 Å². The van der Waals surface area contributed by atoms with E-state index in [1.54, 1.807) is 6.92 Å². The molecule has 150 valence electrons. The highest BCUT2D eigenvalue weighted by Crippen LogP contribution is 2.26. The molecule has 7 nitrogen and oxygen atoms in total. The van der Waals surface area contributed by atoms with Gasteiger partial charge in [0.2, 0.25) is 0 Å². The van der Waals surface area contributed by atoms with Crippen molar-refractivity contribution >= 4 is 17.6 Å². The number of aryl methyl sites for hydroxylation is 1. The van der Waals surface area contributed by atoms with Gasteiger partial charge in [-0.15, -0.1) is 5.10 Å². The van der Waals surface area contributed by atoms with Crippen LogP contribution >= 0.6 is 0 Å². The molecule has 0 radical (unpaired) electrons. The molecule has 1 N–H and O–H groups in total. The molecule has 0 bridgehead atoms. The van der Waals surface area contributed by atoms with Crippen molar-refractivity contribution in [3.05, 3.63) is 71.5 Å². The molecule has 29 heavy (non-hydrogen) atoms. The molecular formula is C22H24N4O3. The molecule has 0 spiro atoms. The van der Waals surface area contributed by atoms with Gasteiger partial charge in [-0.25, -0.2) is 4.79 Å². The molecule has 1 amide bonds. The summed E-state index contributed by atoms with van der Waals surface area (Å²) >= 11 is 0. The van der Waals surface area contributed by atoms with E-state index in [-0.39, 0.29) is 5.69 Å². The van der Waals surface area contributed by atoms with Crippen molar-refractivity contribution < 1.29 is 14.3 Å². The Morgan fingerprint density at radius 2 is 1.76 bits per heavy atom. The number of aromatic nitrogens is 3. The Hall–Kier alpha value is -3.48. The first-order valence-corrected chi connectivity index (χ1v) is 9.54. The van der Waals surface area contributed by atoms with E-state index in [1.807, 2.05) is 54.6 Å². The lowest BCUT2D eigenvalue weighted by Gasteiger charge is -2.15. The maximum atomic E-state index is 12.4. The van der Waals surface area contributed by atoms with Gasteiger partial charge in [-0.3, -0.25) is 4.79 Å². The van der Waals surface area contributed by atoms with Crippen molar-refractivity contribution in [3.63, 3.8) is 0 Å². The van der Waals surface area contributed by atoms with Crippen LogP contribution in [0.25, 0.3) is 5.69 Å². The number of nitrogens with zero attached hydrogens (tertiary/aromatic N) is 3. The minimum Gasteiger partial charge on any atom is -0.451 e. The lowest BCUT2D eigenvalue weighted by molar-refractivity contribution is -0.119. The molecule has 1 atom stereocenters. The number of nitrogens with one attached hydrogen (secondary N) is 1. The second-order valence-corrected chi connectivity index (χ2v) is 6.78. The number of amides is 1. The molecule has 2 aromatic carbocycles. The Bertz CT molecular complexity index is 998. The predicted molar refractivity (Wildman–Crippen MR) is 110 cm³/mol. The fourth-order valence-electron chi connectivity index (χ4n) is 2.89. The minimum absolute atomic E-state index is 0.0849. The molecule has 0 aliphatic carbocycles. The molecule has 0 fully saturated rings. The summed E-state index contributed by atoms with van der Waals surface area (Å²) < 4.78 is 5.15. The third-order valence-electron chi connectivity index (χ3n) is 4.68. The summed E-state index contributed by atoms with van der Waals surface area (Å²) in [6.45, 7) is 5.47. The van der Waals surface area contributed by atoms with E-state index in [0.717, 1.165) is 23.4 Å². The number of hydrogen-bond donors (Lipinski definition) is 1. The van der Waals surface area contributed by atoms with Crippen molar-refractivity contribution in [3.8, 4) is 5.69 Å². The van der Waals surface area contributed by atoms with E-state index in [0.29, 0.717) is 11.6 Å². The smallest absolute Gasteiger partial charge is 0.361 e. The maximum absolute atomic E-state index is 12.4. The van der Waals surface area contributed by atoms with Gasteiger partial charge < -0.3 is 10.1 Å². The van der Waals surface area contributed by atoms with Gasteiger partial charge in [0, 0.05) is 5.69 Å². The first-order valence-electron chi connectivity index (χ1n) is 9.54. The van der Waals surface area contributed by atoms with Crippen LogP contribution in [0.5, 0.6) is 0 Å². The van der Waals surface area contributed by atoms with Gasteiger partial charge in [0.15, 0.2) is 12.3 Å². The molecule has 3 aromatic rings. The summed E-state index contributed by atoms with van der Waals surface area (Å²) in [6.07, 6.45) is 0.957. The summed E-state index contributed by atoms with van der Waals surface area (Å²) in [5.74, 6) is -0.776. The van der Waals surface area contributed by atoms with Crippen molar-refractivity contribution in [2.45, 2.75) is 33.1 Å². The SMILES string of the molecule is CC[C@H](C)c1ccccc1NC(=O)COC(=O)c1nn(-c2ccccc2)nc1C. The number of para-hydroxylation sites is 2. The topological polar surface area (TPSA) is 86.1 Å². The lowest BCUT2D eigenvalue weighted by atomic mass is 9.97. The first kappa shape index (κ1) is 20.3. The molecule has 1 heterocycles. The number of carbonyl (C=O) groups is 2. The van der Waals surface area contributed by atoms with Crippen molar-refractivity contribution in [2.75, 3.05) is 11.9 Å². The molecule has 3 rings (SSSR count). The highest BCUT2D eigenvalue weighted by atomic mass is 16.5. The van der Waals surface area contributed by atoms with Crippen LogP contribution in [-0.4, -0.2) is 33.5 Å². The van der Waals surface area contributed by atoms with E-state index in [1.165, 1.54) is 4.80 Å². The number of anilines is 1. The standard InChI is InChI=1S/C22H24N4O3/c1-4-15(2)18-12-8-9-13-19(18)23-20(27)14-29-22(28)21-16(3)24-26(25-21)17-10-6-5-7-11-17/h5-13,15H,4,14H2,1-3H3,(H,23,27)/t15-/m0/s1. The predicted octanol–water partition coefficient (Wildman–Crippen LogP) is 3.88. The van der Waals surface area contributed by atoms with Gasteiger partial charge in [-0.05, 0) is 43.0 Å². The normalized spacial score (nSPS) is 11.7. The second-order valence-electron chi connectivity index (χ2n) is 6.78. The van der Waals surface area contributed by atoms with E-state index >= 15 is 0 Å². The average Bonchev–Trinajstić information content (AvgIpc) is 3.14. The summed E-state index contributed by atoms with van der Waals surface area (Å²) in [5, 5.41) is 11.3. The summed E-state index contributed by atoms with van der Waals surface area (Å²) in [4.78, 5) is 26.0. The highest BCUT2D eigenvalue weighted by Gasteiger charge is 2.19. The number of esters is 1. The monoisotopic (exact) mass is 392 g/mol. The van der Waals surface area contributed by atoms with Crippen LogP contribution < -0.4 is 5.32 Å². The molecule has 0 aliphatic heterocycles. The molecule has 7 heteroatoms. The number of benzene rings is 2. The fraction of sp³-hybridized carbons (Fsp3) is 0.273. The largest absolute Gasteiger partial charge is 0.451 e. The highest BCUT2D eigenvalue weighted by molar-refractivity contribution is 5.95. The third kappa shape index (κ3) is 4.87. The molecule has 0 saturated heterocycles. The Labute approximate surface area is 169 Å². The number of hydrogen-bond acceptors (Lipinski definition) is 5. The molecule has 1 aromatic heterocycles. The Morgan fingerprint density at radius 1 is 1.07 bits per heavy atom. The van der Waals surface area contributed by atoms with Gasteiger partial charge in [-0.1, -0.05) is 50.2 Å². The zero-order valence-corrected chi connectivity index (χ0v) is 16.8. The van der Waals surface area contributed by atoms with E-state index in [9.17, 15) is 9.59 Å². The van der Waals surface area contributed by atoms with Crippen molar-refractivity contribution in [1.29, 1.82) is 0 Å². The van der Waals surface area contributed by atoms with Crippen LogP contribution in [-0.2, 0) is 9.53 Å². The van der Waals surface area contributed by atoms with Gasteiger partial charge in [-0.2, -0.15) is 9.90 Å². The lowest BCUT2D eigenvalue weighted by Crippen LogP contribution is -2.22. The van der Waals surface area contributed by atoms with Crippen LogP contribution in [0.15, 0.2) is 54.6 Å². The summed E-state index contributed by atoms with van der Waals surface area (Å²) in [5.41, 5.74) is 3.03. The first-order chi connectivity index (χ1) is 14.0. The number of ether oxygens (including phenoxy) is 1. The van der Waals surface area contributed by atoms with Gasteiger partial charge in [0.05, 0.1) is 11.4 Å². The zero-order chi connectivity index (χ0) is 20.8. The summed E-state index contributed by atoms with van der Waals surface area (Å²) in [6, 6.07) is 16.9. The molecule has 0 unspecified atom stereocenters. The maximum Gasteiger partial charge on any atom is 0.361 e. The second kappa shape index (κ2) is 9.14. The molecule has 0 saturated carbocycles. The van der Waals surface area contributed by atoms with Gasteiger partial charge >= 0.3 is 5.97 Å². The number of carbonyl (C=O) groups excluding carboxylic acids is 2. The fourth-order valence-corrected chi connectivity index (χ4v) is 2.89. The van der Waals surface area contributed by atoms with E-state index in [4.69, 9.17) is 4.74 Å². The summed E-state index contributed by atoms with van der Waals surface area (Å²) in [7, 11) is 0. The number of rotatable bonds is 7. The minimum atomic E-state index is -0.685. The van der Waals surface area contributed by atoms with E-state index in [2.05, 4.69) is 29.4 Å². The average molecular weight is 392 g/mol. The van der Waals surface area contributed by atoms with Crippen molar-refractivity contribution in [2.24, 2.45) is 0 Å². The Balaban J connectivity index is 1.63. The van der Waals surface area contributed by atoms with Crippen molar-refractivity contribution in [1.82, 2.24) is 15.0 Å². The van der Waals surface area contributed by atoms with Crippen LogP contribution in [0.2, 0.25) is 0 Å². The van der Waals surface area contributed by atoms with Crippen LogP contribution in [0.1, 0.15) is 47.9 Å². The van der Waals surface area contributed by atoms with Crippen LogP contribution in [0.3, 0.4) is 0 Å². The van der Waals surface area contributed by atoms with Gasteiger partial charge in [0.1, 0.15) is 0 Å². The zero-order valence-electron chi connectivity index (χ0n) is 16.8.